The molecule has 2 heterocycles. The van der Waals surface area contributed by atoms with E-state index in [9.17, 15) is 8.42 Å². The van der Waals surface area contributed by atoms with Crippen LogP contribution in [0.1, 0.15) is 36.6 Å². The van der Waals surface area contributed by atoms with Gasteiger partial charge in [0.2, 0.25) is 10.0 Å². The fourth-order valence-corrected chi connectivity index (χ4v) is 6.65. The van der Waals surface area contributed by atoms with Crippen LogP contribution in [0, 0.1) is 6.92 Å². The van der Waals surface area contributed by atoms with Crippen molar-refractivity contribution in [3.8, 4) is 0 Å². The zero-order valence-electron chi connectivity index (χ0n) is 12.6. The van der Waals surface area contributed by atoms with Crippen LogP contribution >= 0.6 is 23.1 Å². The molecule has 0 aliphatic carbocycles. The van der Waals surface area contributed by atoms with Gasteiger partial charge in [-0.3, -0.25) is 0 Å². The average Bonchev–Trinajstić information content (AvgIpc) is 2.86. The van der Waals surface area contributed by atoms with E-state index < -0.39 is 10.0 Å². The highest BCUT2D eigenvalue weighted by Crippen LogP contribution is 2.28. The Balaban J connectivity index is 2.05. The number of thioether (sulfide) groups is 1. The maximum absolute atomic E-state index is 12.6. The molecule has 0 saturated carbocycles. The summed E-state index contributed by atoms with van der Waals surface area (Å²) in [5.41, 5.74) is 0.844. The van der Waals surface area contributed by atoms with Crippen molar-refractivity contribution in [2.45, 2.75) is 49.8 Å². The summed E-state index contributed by atoms with van der Waals surface area (Å²) in [6.07, 6.45) is 3.58. The second-order valence-corrected chi connectivity index (χ2v) is 9.37. The molecule has 1 aliphatic rings. The molecular formula is C14H24N2O2S3. The van der Waals surface area contributed by atoms with Crippen LogP contribution < -0.4 is 10.0 Å². The molecule has 0 radical (unpaired) electrons. The third-order valence-electron chi connectivity index (χ3n) is 3.57. The Morgan fingerprint density at radius 3 is 2.86 bits per heavy atom. The number of thiophene rings is 1. The predicted molar refractivity (Wildman–Crippen MR) is 91.7 cm³/mol. The van der Waals surface area contributed by atoms with E-state index in [1.807, 2.05) is 31.0 Å². The van der Waals surface area contributed by atoms with E-state index in [1.54, 1.807) is 0 Å². The second kappa shape index (κ2) is 7.97. The topological polar surface area (TPSA) is 58.2 Å². The molecule has 120 valence electrons. The van der Waals surface area contributed by atoms with Gasteiger partial charge in [0.1, 0.15) is 4.90 Å². The molecule has 1 saturated heterocycles. The van der Waals surface area contributed by atoms with Crippen LogP contribution in [0.4, 0.5) is 0 Å². The lowest BCUT2D eigenvalue weighted by atomic mass is 10.2. The lowest BCUT2D eigenvalue weighted by molar-refractivity contribution is 0.572. The Bertz CT molecular complexity index is 549. The van der Waals surface area contributed by atoms with Crippen LogP contribution in [0.2, 0.25) is 0 Å². The fourth-order valence-electron chi connectivity index (χ4n) is 2.45. The molecular weight excluding hydrogens is 324 g/mol. The first-order chi connectivity index (χ1) is 10.0. The average molecular weight is 349 g/mol. The Morgan fingerprint density at radius 1 is 1.38 bits per heavy atom. The minimum absolute atomic E-state index is 0.421. The SMILES string of the molecule is CCNCc1scc(C)c1S(=O)(=O)NCC1CCCCS1. The van der Waals surface area contributed by atoms with Gasteiger partial charge in [-0.1, -0.05) is 13.3 Å². The molecule has 2 N–H and O–H groups in total. The first kappa shape index (κ1) is 17.3. The Labute approximate surface area is 136 Å². The van der Waals surface area contributed by atoms with Crippen molar-refractivity contribution in [1.82, 2.24) is 10.0 Å². The summed E-state index contributed by atoms with van der Waals surface area (Å²) in [5.74, 6) is 1.15. The van der Waals surface area contributed by atoms with Crippen molar-refractivity contribution < 1.29 is 8.42 Å². The number of sulfonamides is 1. The van der Waals surface area contributed by atoms with Gasteiger partial charge in [-0.2, -0.15) is 11.8 Å². The van der Waals surface area contributed by atoms with Crippen molar-refractivity contribution in [2.75, 3.05) is 18.8 Å². The van der Waals surface area contributed by atoms with Crippen LogP contribution in [-0.4, -0.2) is 32.5 Å². The molecule has 1 fully saturated rings. The van der Waals surface area contributed by atoms with Gasteiger partial charge >= 0.3 is 0 Å². The van der Waals surface area contributed by atoms with Crippen LogP contribution in [0.5, 0.6) is 0 Å². The highest BCUT2D eigenvalue weighted by atomic mass is 32.2. The van der Waals surface area contributed by atoms with Gasteiger partial charge in [0.05, 0.1) is 0 Å². The van der Waals surface area contributed by atoms with E-state index in [2.05, 4.69) is 10.0 Å². The monoisotopic (exact) mass is 348 g/mol. The molecule has 1 aliphatic heterocycles. The van der Waals surface area contributed by atoms with E-state index in [0.29, 0.717) is 23.2 Å². The summed E-state index contributed by atoms with van der Waals surface area (Å²) in [6.45, 7) is 5.89. The van der Waals surface area contributed by atoms with E-state index in [-0.39, 0.29) is 0 Å². The summed E-state index contributed by atoms with van der Waals surface area (Å²) in [6, 6.07) is 0. The molecule has 7 heteroatoms. The normalized spacial score (nSPS) is 19.8. The molecule has 1 aromatic heterocycles. The Morgan fingerprint density at radius 2 is 2.19 bits per heavy atom. The number of hydrogen-bond acceptors (Lipinski definition) is 5. The number of aryl methyl sites for hydroxylation is 1. The van der Waals surface area contributed by atoms with Gasteiger partial charge < -0.3 is 5.32 Å². The van der Waals surface area contributed by atoms with Gasteiger partial charge in [-0.05, 0) is 43.0 Å². The maximum atomic E-state index is 12.6. The highest BCUT2D eigenvalue weighted by Gasteiger charge is 2.24. The van der Waals surface area contributed by atoms with Crippen molar-refractivity contribution in [3.63, 3.8) is 0 Å². The molecule has 0 aromatic carbocycles. The third kappa shape index (κ3) is 4.69. The van der Waals surface area contributed by atoms with Gasteiger partial charge in [0.25, 0.3) is 0 Å². The van der Waals surface area contributed by atoms with Gasteiger partial charge in [0.15, 0.2) is 0 Å². The largest absolute Gasteiger partial charge is 0.312 e. The Hall–Kier alpha value is -0.0800. The van der Waals surface area contributed by atoms with Gasteiger partial charge in [-0.15, -0.1) is 11.3 Å². The number of rotatable bonds is 7. The van der Waals surface area contributed by atoms with Crippen LogP contribution in [0.15, 0.2) is 10.3 Å². The first-order valence-corrected chi connectivity index (χ1v) is 10.8. The van der Waals surface area contributed by atoms with E-state index >= 15 is 0 Å². The quantitative estimate of drug-likeness (QED) is 0.795. The molecule has 1 aromatic rings. The zero-order valence-corrected chi connectivity index (χ0v) is 15.1. The highest BCUT2D eigenvalue weighted by molar-refractivity contribution is 8.00. The summed E-state index contributed by atoms with van der Waals surface area (Å²) in [7, 11) is -3.40. The summed E-state index contributed by atoms with van der Waals surface area (Å²) in [5, 5.41) is 5.56. The number of nitrogens with one attached hydrogen (secondary N) is 2. The molecule has 0 amide bonds. The summed E-state index contributed by atoms with van der Waals surface area (Å²) < 4.78 is 28.0. The summed E-state index contributed by atoms with van der Waals surface area (Å²) in [4.78, 5) is 1.38. The number of hydrogen-bond donors (Lipinski definition) is 2. The molecule has 0 spiro atoms. The first-order valence-electron chi connectivity index (χ1n) is 7.43. The lowest BCUT2D eigenvalue weighted by Crippen LogP contribution is -2.32. The zero-order chi connectivity index (χ0) is 15.3. The molecule has 4 nitrogen and oxygen atoms in total. The molecule has 1 atom stereocenters. The van der Waals surface area contributed by atoms with Crippen LogP contribution in [-0.2, 0) is 16.6 Å². The lowest BCUT2D eigenvalue weighted by Gasteiger charge is -2.21. The molecule has 0 bridgehead atoms. The van der Waals surface area contributed by atoms with E-state index in [1.165, 1.54) is 24.2 Å². The van der Waals surface area contributed by atoms with Crippen molar-refractivity contribution in [3.05, 3.63) is 15.8 Å². The van der Waals surface area contributed by atoms with E-state index in [4.69, 9.17) is 0 Å². The minimum Gasteiger partial charge on any atom is -0.312 e. The predicted octanol–water partition coefficient (Wildman–Crippen LogP) is 2.73. The van der Waals surface area contributed by atoms with E-state index in [0.717, 1.165) is 29.2 Å². The van der Waals surface area contributed by atoms with Gasteiger partial charge in [-0.25, -0.2) is 13.1 Å². The van der Waals surface area contributed by atoms with Crippen LogP contribution in [0.25, 0.3) is 0 Å². The fraction of sp³-hybridized carbons (Fsp3) is 0.714. The molecule has 1 unspecified atom stereocenters. The third-order valence-corrected chi connectivity index (χ3v) is 7.85. The maximum Gasteiger partial charge on any atom is 0.242 e. The standard InChI is InChI=1S/C14H24N2O2S3/c1-3-15-9-13-14(11(2)10-20-13)21(17,18)16-8-12-6-4-5-7-19-12/h10,12,15-16H,3-9H2,1-2H3. The van der Waals surface area contributed by atoms with Gasteiger partial charge in [0, 0.05) is 23.2 Å². The molecule has 21 heavy (non-hydrogen) atoms. The summed E-state index contributed by atoms with van der Waals surface area (Å²) >= 11 is 3.40. The smallest absolute Gasteiger partial charge is 0.242 e. The van der Waals surface area contributed by atoms with Crippen LogP contribution in [0.3, 0.4) is 0 Å². The Kier molecular flexibility index (Phi) is 6.55. The second-order valence-electron chi connectivity index (χ2n) is 5.29. The molecule has 2 rings (SSSR count). The minimum atomic E-state index is -3.40. The van der Waals surface area contributed by atoms with Crippen molar-refractivity contribution in [2.24, 2.45) is 0 Å². The van der Waals surface area contributed by atoms with Crippen molar-refractivity contribution >= 4 is 33.1 Å². The van der Waals surface area contributed by atoms with Crippen molar-refractivity contribution in [1.29, 1.82) is 0 Å².